The monoisotopic (exact) mass is 653 g/mol. The van der Waals surface area contributed by atoms with Gasteiger partial charge in [0.05, 0.1) is 12.2 Å². The fourth-order valence-electron chi connectivity index (χ4n) is 8.50. The van der Waals surface area contributed by atoms with Crippen LogP contribution >= 0.6 is 0 Å². The van der Waals surface area contributed by atoms with E-state index in [0.717, 1.165) is 46.3 Å². The molecule has 4 aliphatic carbocycles. The highest BCUT2D eigenvalue weighted by Crippen LogP contribution is 2.62. The van der Waals surface area contributed by atoms with Crippen LogP contribution < -0.4 is 15.0 Å². The fourth-order valence-corrected chi connectivity index (χ4v) is 8.50. The largest absolute Gasteiger partial charge is 0.489 e. The minimum atomic E-state index is -1.07. The Morgan fingerprint density at radius 3 is 2.25 bits per heavy atom. The zero-order chi connectivity index (χ0) is 33.9. The number of hydrogen-bond donors (Lipinski definition) is 3. The van der Waals surface area contributed by atoms with E-state index in [-0.39, 0.29) is 18.4 Å². The SMILES string of the molecule is CC(C)(C)OCCC(Oc1cc(C=CC(=O)O)ccc1-c1ccc(OCc2ccccc2)c(C23CC4CC(CC(C4)C2)C3)c1)C(=O)NO. The van der Waals surface area contributed by atoms with Crippen molar-refractivity contribution in [3.05, 3.63) is 89.5 Å². The Morgan fingerprint density at radius 1 is 0.938 bits per heavy atom. The Morgan fingerprint density at radius 2 is 1.62 bits per heavy atom. The second kappa shape index (κ2) is 14.1. The summed E-state index contributed by atoms with van der Waals surface area (Å²) in [5, 5.41) is 18.8. The lowest BCUT2D eigenvalue weighted by Gasteiger charge is -2.57. The van der Waals surface area contributed by atoms with E-state index in [0.29, 0.717) is 17.9 Å². The second-order valence-electron chi connectivity index (χ2n) is 14.9. The number of carboxylic acid groups (broad SMARTS) is 1. The third-order valence-electron chi connectivity index (χ3n) is 10.1. The maximum Gasteiger partial charge on any atom is 0.328 e. The molecule has 4 bridgehead atoms. The quantitative estimate of drug-likeness (QED) is 0.0974. The summed E-state index contributed by atoms with van der Waals surface area (Å²) in [5.74, 6) is 1.79. The molecule has 7 rings (SSSR count). The second-order valence-corrected chi connectivity index (χ2v) is 14.9. The molecule has 3 aromatic carbocycles. The molecule has 3 N–H and O–H groups in total. The van der Waals surface area contributed by atoms with Crippen molar-refractivity contribution in [2.75, 3.05) is 6.61 Å². The molecular weight excluding hydrogens is 606 g/mol. The molecule has 0 radical (unpaired) electrons. The Bertz CT molecular complexity index is 1610. The number of carbonyl (C=O) groups excluding carboxylic acids is 1. The van der Waals surface area contributed by atoms with E-state index in [1.165, 1.54) is 50.2 Å². The molecule has 0 aromatic heterocycles. The van der Waals surface area contributed by atoms with Crippen molar-refractivity contribution in [2.45, 2.75) is 89.4 Å². The van der Waals surface area contributed by atoms with E-state index in [9.17, 15) is 19.9 Å². The van der Waals surface area contributed by atoms with Gasteiger partial charge in [-0.25, -0.2) is 10.3 Å². The van der Waals surface area contributed by atoms with Crippen LogP contribution in [0.3, 0.4) is 0 Å². The number of carbonyl (C=O) groups is 2. The van der Waals surface area contributed by atoms with Crippen molar-refractivity contribution < 1.29 is 34.1 Å². The van der Waals surface area contributed by atoms with E-state index in [1.807, 2.05) is 57.2 Å². The predicted octanol–water partition coefficient (Wildman–Crippen LogP) is 7.96. The molecule has 1 unspecified atom stereocenters. The summed E-state index contributed by atoms with van der Waals surface area (Å²) < 4.78 is 18.8. The highest BCUT2D eigenvalue weighted by Gasteiger charge is 2.52. The van der Waals surface area contributed by atoms with Gasteiger partial charge in [-0.3, -0.25) is 10.0 Å². The molecule has 0 spiro atoms. The third kappa shape index (κ3) is 7.93. The molecule has 8 heteroatoms. The average Bonchev–Trinajstić information content (AvgIpc) is 3.05. The van der Waals surface area contributed by atoms with Crippen LogP contribution in [0.2, 0.25) is 0 Å². The summed E-state index contributed by atoms with van der Waals surface area (Å²) in [6.07, 6.45) is 9.19. The molecule has 1 amide bonds. The highest BCUT2D eigenvalue weighted by atomic mass is 16.5. The van der Waals surface area contributed by atoms with E-state index in [4.69, 9.17) is 14.2 Å². The van der Waals surface area contributed by atoms with E-state index in [2.05, 4.69) is 24.3 Å². The van der Waals surface area contributed by atoms with Crippen molar-refractivity contribution in [3.8, 4) is 22.6 Å². The number of ether oxygens (including phenoxy) is 3. The molecular formula is C40H47NO7. The average molecular weight is 654 g/mol. The van der Waals surface area contributed by atoms with Crippen molar-refractivity contribution in [2.24, 2.45) is 17.8 Å². The first-order valence-electron chi connectivity index (χ1n) is 17.1. The van der Waals surface area contributed by atoms with Crippen LogP contribution in [0.1, 0.15) is 82.4 Å². The van der Waals surface area contributed by atoms with Crippen LogP contribution in [-0.4, -0.2) is 40.5 Å². The number of carboxylic acids is 1. The minimum Gasteiger partial charge on any atom is -0.489 e. The van der Waals surface area contributed by atoms with Crippen molar-refractivity contribution in [1.29, 1.82) is 0 Å². The van der Waals surface area contributed by atoms with Gasteiger partial charge in [-0.1, -0.05) is 48.5 Å². The first kappa shape index (κ1) is 33.7. The fraction of sp³-hybridized carbons (Fsp3) is 0.450. The molecule has 254 valence electrons. The Labute approximate surface area is 283 Å². The van der Waals surface area contributed by atoms with Crippen molar-refractivity contribution in [1.82, 2.24) is 5.48 Å². The van der Waals surface area contributed by atoms with Crippen molar-refractivity contribution >= 4 is 18.0 Å². The van der Waals surface area contributed by atoms with Gasteiger partial charge in [0.25, 0.3) is 5.91 Å². The van der Waals surface area contributed by atoms with Gasteiger partial charge >= 0.3 is 5.97 Å². The van der Waals surface area contributed by atoms with Gasteiger partial charge in [0.1, 0.15) is 18.1 Å². The maximum absolute atomic E-state index is 12.8. The van der Waals surface area contributed by atoms with Crippen LogP contribution in [-0.2, 0) is 26.3 Å². The zero-order valence-corrected chi connectivity index (χ0v) is 28.1. The van der Waals surface area contributed by atoms with Crippen LogP contribution in [0.4, 0.5) is 0 Å². The molecule has 48 heavy (non-hydrogen) atoms. The number of nitrogens with one attached hydrogen (secondary N) is 1. The summed E-state index contributed by atoms with van der Waals surface area (Å²) in [5.41, 5.74) is 6.01. The summed E-state index contributed by atoms with van der Waals surface area (Å²) in [7, 11) is 0. The zero-order valence-electron chi connectivity index (χ0n) is 28.1. The van der Waals surface area contributed by atoms with Crippen LogP contribution in [0.5, 0.6) is 11.5 Å². The van der Waals surface area contributed by atoms with Crippen LogP contribution in [0, 0.1) is 17.8 Å². The molecule has 0 aliphatic heterocycles. The topological polar surface area (TPSA) is 114 Å². The predicted molar refractivity (Wildman–Crippen MR) is 184 cm³/mol. The molecule has 8 nitrogen and oxygen atoms in total. The first-order chi connectivity index (χ1) is 23.0. The highest BCUT2D eigenvalue weighted by molar-refractivity contribution is 5.86. The normalized spacial score (nSPS) is 23.6. The number of hydrogen-bond acceptors (Lipinski definition) is 6. The van der Waals surface area contributed by atoms with Gasteiger partial charge in [0, 0.05) is 23.6 Å². The molecule has 4 aliphatic rings. The number of benzene rings is 3. The van der Waals surface area contributed by atoms with Crippen molar-refractivity contribution in [3.63, 3.8) is 0 Å². The molecule has 4 fully saturated rings. The van der Waals surface area contributed by atoms with Gasteiger partial charge < -0.3 is 19.3 Å². The molecule has 0 saturated heterocycles. The molecule has 0 heterocycles. The van der Waals surface area contributed by atoms with Gasteiger partial charge in [-0.05, 0) is 123 Å². The van der Waals surface area contributed by atoms with Crippen LogP contribution in [0.25, 0.3) is 17.2 Å². The molecule has 1 atom stereocenters. The summed E-state index contributed by atoms with van der Waals surface area (Å²) in [6, 6.07) is 22.1. The first-order valence-corrected chi connectivity index (χ1v) is 17.1. The number of rotatable bonds is 13. The summed E-state index contributed by atoms with van der Waals surface area (Å²) >= 11 is 0. The molecule has 3 aromatic rings. The Kier molecular flexibility index (Phi) is 9.95. The lowest BCUT2D eigenvalue weighted by molar-refractivity contribution is -0.138. The van der Waals surface area contributed by atoms with E-state index >= 15 is 0 Å². The Hall–Kier alpha value is -4.14. The van der Waals surface area contributed by atoms with E-state index in [1.54, 1.807) is 11.5 Å². The summed E-state index contributed by atoms with van der Waals surface area (Å²) in [6.45, 7) is 6.51. The lowest BCUT2D eigenvalue weighted by atomic mass is 9.48. The van der Waals surface area contributed by atoms with Gasteiger partial charge in [0.2, 0.25) is 0 Å². The smallest absolute Gasteiger partial charge is 0.328 e. The third-order valence-corrected chi connectivity index (χ3v) is 10.1. The Balaban J connectivity index is 1.39. The van der Waals surface area contributed by atoms with Gasteiger partial charge in [-0.15, -0.1) is 0 Å². The lowest BCUT2D eigenvalue weighted by Crippen LogP contribution is -2.48. The standard InChI is InChI=1S/C40H47NO7/c1-39(2,3)47-16-15-35(38(44)41-45)48-36-20-26(10-14-37(42)43)9-12-32(36)31-11-13-34(46-25-27-7-5-4-6-8-27)33(21-31)40-22-28-17-29(23-40)19-30(18-28)24-40/h4-14,20-21,28-30,35,45H,15-19,22-25H2,1-3H3,(H,41,44)(H,42,43). The van der Waals surface area contributed by atoms with Gasteiger partial charge in [0.15, 0.2) is 6.10 Å². The summed E-state index contributed by atoms with van der Waals surface area (Å²) in [4.78, 5) is 24.1. The van der Waals surface area contributed by atoms with Gasteiger partial charge in [-0.2, -0.15) is 0 Å². The van der Waals surface area contributed by atoms with Crippen LogP contribution in [0.15, 0.2) is 72.8 Å². The number of amides is 1. The minimum absolute atomic E-state index is 0.0472. The number of hydroxylamine groups is 1. The molecule has 4 saturated carbocycles. The number of aliphatic carboxylic acids is 1. The van der Waals surface area contributed by atoms with E-state index < -0.39 is 23.6 Å². The maximum atomic E-state index is 12.8.